The molecule has 1 aromatic carbocycles. The second-order valence-electron chi connectivity index (χ2n) is 5.92. The van der Waals surface area contributed by atoms with Gasteiger partial charge < -0.3 is 19.9 Å². The van der Waals surface area contributed by atoms with Gasteiger partial charge in [-0.3, -0.25) is 4.79 Å². The van der Waals surface area contributed by atoms with Gasteiger partial charge in [-0.05, 0) is 45.0 Å². The Bertz CT molecular complexity index is 658. The summed E-state index contributed by atoms with van der Waals surface area (Å²) in [6.45, 7) is 5.12. The third-order valence-corrected chi connectivity index (χ3v) is 2.75. The molecule has 1 aromatic heterocycles. The first-order valence-electron chi connectivity index (χ1n) is 7.18. The van der Waals surface area contributed by atoms with Gasteiger partial charge in [0.1, 0.15) is 12.1 Å². The van der Waals surface area contributed by atoms with E-state index in [0.29, 0.717) is 5.69 Å². The predicted octanol–water partition coefficient (Wildman–Crippen LogP) is 2.34. The summed E-state index contributed by atoms with van der Waals surface area (Å²) in [6.07, 6.45) is 4.59. The quantitative estimate of drug-likeness (QED) is 0.906. The number of alkyl carbamates (subject to hydrolysis) is 1. The third kappa shape index (κ3) is 5.46. The normalized spacial score (nSPS) is 10.9. The summed E-state index contributed by atoms with van der Waals surface area (Å²) in [4.78, 5) is 27.2. The van der Waals surface area contributed by atoms with Gasteiger partial charge in [-0.25, -0.2) is 9.78 Å². The van der Waals surface area contributed by atoms with E-state index in [1.165, 1.54) is 0 Å². The second-order valence-corrected chi connectivity index (χ2v) is 5.92. The van der Waals surface area contributed by atoms with Crippen molar-refractivity contribution in [2.45, 2.75) is 26.4 Å². The molecule has 0 aliphatic heterocycles. The van der Waals surface area contributed by atoms with Crippen molar-refractivity contribution < 1.29 is 14.3 Å². The Morgan fingerprint density at radius 2 is 1.91 bits per heavy atom. The molecule has 0 atom stereocenters. The van der Waals surface area contributed by atoms with E-state index in [-0.39, 0.29) is 12.5 Å². The van der Waals surface area contributed by atoms with Crippen LogP contribution in [0.15, 0.2) is 43.0 Å². The van der Waals surface area contributed by atoms with Crippen LogP contribution in [0.25, 0.3) is 5.69 Å². The minimum atomic E-state index is -0.622. The highest BCUT2D eigenvalue weighted by atomic mass is 16.6. The van der Waals surface area contributed by atoms with Crippen LogP contribution in [0, 0.1) is 0 Å². The molecule has 2 N–H and O–H groups in total. The Balaban J connectivity index is 1.82. The van der Waals surface area contributed by atoms with Crippen molar-refractivity contribution in [3.05, 3.63) is 43.0 Å². The summed E-state index contributed by atoms with van der Waals surface area (Å²) in [6, 6.07) is 7.28. The van der Waals surface area contributed by atoms with E-state index in [0.717, 1.165) is 5.69 Å². The highest BCUT2D eigenvalue weighted by Crippen LogP contribution is 2.12. The van der Waals surface area contributed by atoms with Crippen LogP contribution in [0.1, 0.15) is 20.8 Å². The lowest BCUT2D eigenvalue weighted by molar-refractivity contribution is -0.115. The van der Waals surface area contributed by atoms with Gasteiger partial charge >= 0.3 is 6.09 Å². The number of benzene rings is 1. The molecule has 0 fully saturated rings. The van der Waals surface area contributed by atoms with E-state index in [1.807, 2.05) is 22.9 Å². The lowest BCUT2D eigenvalue weighted by atomic mass is 10.2. The molecular formula is C16H20N4O3. The van der Waals surface area contributed by atoms with E-state index in [4.69, 9.17) is 4.74 Å². The lowest BCUT2D eigenvalue weighted by Crippen LogP contribution is -2.37. The number of carbonyl (C=O) groups excluding carboxylic acids is 2. The Hall–Kier alpha value is -2.83. The number of aromatic nitrogens is 2. The number of imidazole rings is 1. The average Bonchev–Trinajstić information content (AvgIpc) is 2.98. The molecule has 0 aliphatic carbocycles. The minimum Gasteiger partial charge on any atom is -0.444 e. The maximum Gasteiger partial charge on any atom is 0.408 e. The molecule has 0 radical (unpaired) electrons. The molecule has 1 heterocycles. The number of anilines is 1. The maximum atomic E-state index is 11.8. The summed E-state index contributed by atoms with van der Waals surface area (Å²) < 4.78 is 6.91. The van der Waals surface area contributed by atoms with Gasteiger partial charge in [0.05, 0.1) is 6.33 Å². The van der Waals surface area contributed by atoms with E-state index in [9.17, 15) is 9.59 Å². The van der Waals surface area contributed by atoms with Crippen molar-refractivity contribution in [1.82, 2.24) is 14.9 Å². The standard InChI is InChI=1S/C16H20N4O3/c1-16(2,3)23-15(22)18-10-14(21)19-12-4-6-13(7-5-12)20-9-8-17-11-20/h4-9,11H,10H2,1-3H3,(H,18,22)(H,19,21). The third-order valence-electron chi connectivity index (χ3n) is 2.75. The van der Waals surface area contributed by atoms with E-state index >= 15 is 0 Å². The van der Waals surface area contributed by atoms with Crippen LogP contribution < -0.4 is 10.6 Å². The summed E-state index contributed by atoms with van der Waals surface area (Å²) in [7, 11) is 0. The first-order valence-corrected chi connectivity index (χ1v) is 7.18. The first-order chi connectivity index (χ1) is 10.8. The zero-order valence-electron chi connectivity index (χ0n) is 13.4. The minimum absolute atomic E-state index is 0.155. The largest absolute Gasteiger partial charge is 0.444 e. The van der Waals surface area contributed by atoms with Crippen molar-refractivity contribution >= 4 is 17.7 Å². The Morgan fingerprint density at radius 1 is 1.22 bits per heavy atom. The van der Waals surface area contributed by atoms with E-state index < -0.39 is 11.7 Å². The van der Waals surface area contributed by atoms with Crippen molar-refractivity contribution in [3.8, 4) is 5.69 Å². The van der Waals surface area contributed by atoms with Gasteiger partial charge in [-0.1, -0.05) is 0 Å². The number of ether oxygens (including phenoxy) is 1. The molecule has 2 rings (SSSR count). The lowest BCUT2D eigenvalue weighted by Gasteiger charge is -2.19. The zero-order chi connectivity index (χ0) is 16.9. The first kappa shape index (κ1) is 16.5. The summed E-state index contributed by atoms with van der Waals surface area (Å²) in [5.41, 5.74) is 0.987. The molecule has 0 unspecified atom stereocenters. The van der Waals surface area contributed by atoms with Crippen LogP contribution in [0.5, 0.6) is 0 Å². The molecule has 2 aromatic rings. The van der Waals surface area contributed by atoms with Gasteiger partial charge in [0.15, 0.2) is 0 Å². The molecule has 2 amide bonds. The SMILES string of the molecule is CC(C)(C)OC(=O)NCC(=O)Nc1ccc(-n2ccnc2)cc1. The molecule has 0 spiro atoms. The molecule has 0 saturated heterocycles. The molecule has 122 valence electrons. The Labute approximate surface area is 134 Å². The molecule has 7 heteroatoms. The number of amides is 2. The van der Waals surface area contributed by atoms with Gasteiger partial charge in [0.25, 0.3) is 0 Å². The summed E-state index contributed by atoms with van der Waals surface area (Å²) in [5.74, 6) is -0.328. The van der Waals surface area contributed by atoms with Crippen molar-refractivity contribution in [2.75, 3.05) is 11.9 Å². The molecule has 0 saturated carbocycles. The van der Waals surface area contributed by atoms with Crippen LogP contribution in [-0.4, -0.2) is 33.7 Å². The monoisotopic (exact) mass is 316 g/mol. The van der Waals surface area contributed by atoms with Gasteiger partial charge in [0.2, 0.25) is 5.91 Å². The van der Waals surface area contributed by atoms with Crippen molar-refractivity contribution in [1.29, 1.82) is 0 Å². The highest BCUT2D eigenvalue weighted by molar-refractivity contribution is 5.93. The Kier molecular flexibility index (Phi) is 5.00. The van der Waals surface area contributed by atoms with E-state index in [2.05, 4.69) is 15.6 Å². The van der Waals surface area contributed by atoms with Crippen molar-refractivity contribution in [2.24, 2.45) is 0 Å². The van der Waals surface area contributed by atoms with Crippen LogP contribution in [-0.2, 0) is 9.53 Å². The van der Waals surface area contributed by atoms with E-state index in [1.54, 1.807) is 45.4 Å². The molecule has 0 aliphatic rings. The summed E-state index contributed by atoms with van der Waals surface area (Å²) in [5, 5.41) is 5.11. The average molecular weight is 316 g/mol. The number of hydrogen-bond donors (Lipinski definition) is 2. The number of hydrogen-bond acceptors (Lipinski definition) is 4. The van der Waals surface area contributed by atoms with Crippen molar-refractivity contribution in [3.63, 3.8) is 0 Å². The fraction of sp³-hybridized carbons (Fsp3) is 0.312. The smallest absolute Gasteiger partial charge is 0.408 e. The van der Waals surface area contributed by atoms with Gasteiger partial charge in [0, 0.05) is 23.8 Å². The highest BCUT2D eigenvalue weighted by Gasteiger charge is 2.16. The number of rotatable bonds is 4. The molecule has 23 heavy (non-hydrogen) atoms. The molecule has 0 bridgehead atoms. The van der Waals surface area contributed by atoms with Gasteiger partial charge in [-0.2, -0.15) is 0 Å². The predicted molar refractivity (Wildman–Crippen MR) is 86.4 cm³/mol. The number of carbonyl (C=O) groups is 2. The fourth-order valence-corrected chi connectivity index (χ4v) is 1.80. The molecular weight excluding hydrogens is 296 g/mol. The maximum absolute atomic E-state index is 11.8. The van der Waals surface area contributed by atoms with Gasteiger partial charge in [-0.15, -0.1) is 0 Å². The van der Waals surface area contributed by atoms with Crippen LogP contribution >= 0.6 is 0 Å². The Morgan fingerprint density at radius 3 is 2.48 bits per heavy atom. The van der Waals surface area contributed by atoms with Crippen LogP contribution in [0.4, 0.5) is 10.5 Å². The fourth-order valence-electron chi connectivity index (χ4n) is 1.80. The van der Waals surface area contributed by atoms with Crippen LogP contribution in [0.2, 0.25) is 0 Å². The summed E-state index contributed by atoms with van der Waals surface area (Å²) >= 11 is 0. The second kappa shape index (κ2) is 6.95. The number of nitrogens with one attached hydrogen (secondary N) is 2. The van der Waals surface area contributed by atoms with Crippen LogP contribution in [0.3, 0.4) is 0 Å². The number of nitrogens with zero attached hydrogens (tertiary/aromatic N) is 2. The zero-order valence-corrected chi connectivity index (χ0v) is 13.4. The topological polar surface area (TPSA) is 85.2 Å². The molecule has 7 nitrogen and oxygen atoms in total.